The van der Waals surface area contributed by atoms with Gasteiger partial charge in [0.2, 0.25) is 0 Å². The maximum absolute atomic E-state index is 9.92. The molecule has 4 aliphatic carbocycles. The molecule has 0 saturated heterocycles. The van der Waals surface area contributed by atoms with Crippen molar-refractivity contribution in [1.82, 2.24) is 0 Å². The summed E-state index contributed by atoms with van der Waals surface area (Å²) in [6, 6.07) is 0. The molecule has 0 bridgehead atoms. The van der Waals surface area contributed by atoms with Crippen molar-refractivity contribution in [3.8, 4) is 0 Å². The second-order valence-corrected chi connectivity index (χ2v) is 8.04. The lowest BCUT2D eigenvalue weighted by Gasteiger charge is -2.51. The second-order valence-electron chi connectivity index (χ2n) is 8.04. The van der Waals surface area contributed by atoms with Crippen LogP contribution in [0.15, 0.2) is 23.3 Å². The lowest BCUT2D eigenvalue weighted by molar-refractivity contribution is 0.0547. The summed E-state index contributed by atoms with van der Waals surface area (Å²) < 4.78 is 0. The summed E-state index contributed by atoms with van der Waals surface area (Å²) >= 11 is 0. The summed E-state index contributed by atoms with van der Waals surface area (Å²) in [5.74, 6) is 2.67. The first-order valence-corrected chi connectivity index (χ1v) is 8.66. The van der Waals surface area contributed by atoms with Gasteiger partial charge in [0.25, 0.3) is 0 Å². The number of allylic oxidation sites excluding steroid dienone is 2. The van der Waals surface area contributed by atoms with Crippen LogP contribution in [-0.4, -0.2) is 11.2 Å². The molecule has 0 aromatic carbocycles. The molecule has 4 rings (SSSR count). The first kappa shape index (κ1) is 13.1. The summed E-state index contributed by atoms with van der Waals surface area (Å²) in [4.78, 5) is 0. The van der Waals surface area contributed by atoms with Gasteiger partial charge in [0.1, 0.15) is 0 Å². The number of fused-ring (bicyclic) bond motifs is 4. The molecule has 0 aliphatic heterocycles. The molecule has 0 heterocycles. The van der Waals surface area contributed by atoms with Crippen LogP contribution < -0.4 is 0 Å². The highest BCUT2D eigenvalue weighted by molar-refractivity contribution is 5.29. The van der Waals surface area contributed by atoms with Crippen LogP contribution in [0, 0.1) is 23.2 Å². The molecule has 20 heavy (non-hydrogen) atoms. The predicted octanol–water partition coefficient (Wildman–Crippen LogP) is 4.62. The molecular weight excluding hydrogens is 244 g/mol. The lowest BCUT2D eigenvalue weighted by Crippen LogP contribution is -2.42. The molecule has 2 fully saturated rings. The molecule has 0 aromatic heterocycles. The van der Waals surface area contributed by atoms with Crippen molar-refractivity contribution < 1.29 is 5.11 Å². The molecule has 4 aliphatic rings. The molecule has 0 spiro atoms. The van der Waals surface area contributed by atoms with E-state index in [1.807, 2.05) is 0 Å². The molecule has 0 aromatic rings. The van der Waals surface area contributed by atoms with Crippen molar-refractivity contribution in [2.75, 3.05) is 0 Å². The van der Waals surface area contributed by atoms with Crippen molar-refractivity contribution in [2.24, 2.45) is 23.2 Å². The quantitative estimate of drug-likeness (QED) is 0.638. The maximum Gasteiger partial charge on any atom is 0.0580 e. The van der Waals surface area contributed by atoms with Gasteiger partial charge in [-0.2, -0.15) is 0 Å². The Morgan fingerprint density at radius 1 is 1.10 bits per heavy atom. The summed E-state index contributed by atoms with van der Waals surface area (Å²) in [6.45, 7) is 6.89. The largest absolute Gasteiger partial charge is 0.393 e. The molecule has 0 amide bonds. The smallest absolute Gasteiger partial charge is 0.0580 e. The third-order valence-corrected chi connectivity index (χ3v) is 7.30. The van der Waals surface area contributed by atoms with Crippen molar-refractivity contribution in [3.05, 3.63) is 23.3 Å². The molecule has 1 nitrogen and oxygen atoms in total. The van der Waals surface area contributed by atoms with E-state index in [4.69, 9.17) is 0 Å². The van der Waals surface area contributed by atoms with E-state index in [1.165, 1.54) is 44.9 Å². The average Bonchev–Trinajstić information content (AvgIpc) is 2.74. The van der Waals surface area contributed by atoms with Gasteiger partial charge in [0.15, 0.2) is 0 Å². The van der Waals surface area contributed by atoms with E-state index in [2.05, 4.69) is 13.5 Å². The normalized spacial score (nSPS) is 47.8. The molecular formula is C19H28O. The van der Waals surface area contributed by atoms with Crippen molar-refractivity contribution in [1.29, 1.82) is 0 Å². The van der Waals surface area contributed by atoms with Gasteiger partial charge in [-0.3, -0.25) is 0 Å². The Morgan fingerprint density at radius 3 is 2.80 bits per heavy atom. The zero-order chi connectivity index (χ0) is 13.9. The third kappa shape index (κ3) is 1.71. The SMILES string of the molecule is C=C1CCC2C3CCC4=C(CCC(O)C4)C3CC[C@]12C. The summed E-state index contributed by atoms with van der Waals surface area (Å²) in [6.07, 6.45) is 11.2. The van der Waals surface area contributed by atoms with Gasteiger partial charge in [-0.15, -0.1) is 0 Å². The Balaban J connectivity index is 1.65. The van der Waals surface area contributed by atoms with E-state index < -0.39 is 0 Å². The lowest BCUT2D eigenvalue weighted by atomic mass is 9.54. The molecule has 0 radical (unpaired) electrons. The van der Waals surface area contributed by atoms with Crippen molar-refractivity contribution >= 4 is 0 Å². The molecule has 5 atom stereocenters. The first-order chi connectivity index (χ1) is 9.59. The maximum atomic E-state index is 9.92. The minimum atomic E-state index is -0.0505. The van der Waals surface area contributed by atoms with Gasteiger partial charge in [-0.25, -0.2) is 0 Å². The van der Waals surface area contributed by atoms with Crippen LogP contribution in [0.4, 0.5) is 0 Å². The van der Waals surface area contributed by atoms with Gasteiger partial charge in [-0.05, 0) is 81.0 Å². The fourth-order valence-corrected chi connectivity index (χ4v) is 6.10. The Hall–Kier alpha value is -0.560. The van der Waals surface area contributed by atoms with Crippen LogP contribution in [0.3, 0.4) is 0 Å². The number of rotatable bonds is 0. The van der Waals surface area contributed by atoms with Gasteiger partial charge in [0.05, 0.1) is 6.10 Å². The van der Waals surface area contributed by atoms with E-state index in [1.54, 1.807) is 16.7 Å². The standard InChI is InChI=1S/C19H28O/c1-12-3-8-18-17-6-4-13-11-14(20)5-7-15(13)16(17)9-10-19(12,18)2/h14,16-18,20H,1,3-11H2,2H3/t14?,16?,17?,18?,19-/m1/s1. The second kappa shape index (κ2) is 4.47. The van der Waals surface area contributed by atoms with Gasteiger partial charge in [0, 0.05) is 0 Å². The van der Waals surface area contributed by atoms with Crippen molar-refractivity contribution in [2.45, 2.75) is 70.8 Å². The van der Waals surface area contributed by atoms with E-state index >= 15 is 0 Å². The molecule has 1 N–H and O–H groups in total. The van der Waals surface area contributed by atoms with Crippen molar-refractivity contribution in [3.63, 3.8) is 0 Å². The number of aliphatic hydroxyl groups is 1. The highest BCUT2D eigenvalue weighted by atomic mass is 16.3. The monoisotopic (exact) mass is 272 g/mol. The number of hydrogen-bond donors (Lipinski definition) is 1. The fraction of sp³-hybridized carbons (Fsp3) is 0.789. The zero-order valence-corrected chi connectivity index (χ0v) is 12.8. The zero-order valence-electron chi connectivity index (χ0n) is 12.8. The van der Waals surface area contributed by atoms with E-state index in [0.29, 0.717) is 5.41 Å². The average molecular weight is 272 g/mol. The molecule has 1 heteroatoms. The molecule has 110 valence electrons. The highest BCUT2D eigenvalue weighted by Gasteiger charge is 2.52. The summed E-state index contributed by atoms with van der Waals surface area (Å²) in [5, 5.41) is 9.92. The van der Waals surface area contributed by atoms with E-state index in [0.717, 1.165) is 30.6 Å². The minimum Gasteiger partial charge on any atom is -0.393 e. The van der Waals surface area contributed by atoms with Crippen LogP contribution in [0.1, 0.15) is 64.7 Å². The van der Waals surface area contributed by atoms with Gasteiger partial charge in [-0.1, -0.05) is 30.2 Å². The van der Waals surface area contributed by atoms with E-state index in [9.17, 15) is 5.11 Å². The topological polar surface area (TPSA) is 20.2 Å². The minimum absolute atomic E-state index is 0.0505. The Bertz CT molecular complexity index is 474. The van der Waals surface area contributed by atoms with Crippen LogP contribution in [0.5, 0.6) is 0 Å². The Kier molecular flexibility index (Phi) is 2.93. The highest BCUT2D eigenvalue weighted by Crippen LogP contribution is 2.62. The fourth-order valence-electron chi connectivity index (χ4n) is 6.10. The van der Waals surface area contributed by atoms with Crippen LogP contribution in [0.2, 0.25) is 0 Å². The third-order valence-electron chi connectivity index (χ3n) is 7.30. The van der Waals surface area contributed by atoms with Crippen LogP contribution in [-0.2, 0) is 0 Å². The van der Waals surface area contributed by atoms with Gasteiger partial charge >= 0.3 is 0 Å². The summed E-state index contributed by atoms with van der Waals surface area (Å²) in [5.41, 5.74) is 5.42. The number of aliphatic hydroxyl groups excluding tert-OH is 1. The Morgan fingerprint density at radius 2 is 1.95 bits per heavy atom. The van der Waals surface area contributed by atoms with Crippen LogP contribution >= 0.6 is 0 Å². The summed E-state index contributed by atoms with van der Waals surface area (Å²) in [7, 11) is 0. The number of hydrogen-bond acceptors (Lipinski definition) is 1. The first-order valence-electron chi connectivity index (χ1n) is 8.66. The van der Waals surface area contributed by atoms with Crippen LogP contribution in [0.25, 0.3) is 0 Å². The molecule has 4 unspecified atom stereocenters. The predicted molar refractivity (Wildman–Crippen MR) is 82.3 cm³/mol. The Labute approximate surface area is 123 Å². The van der Waals surface area contributed by atoms with E-state index in [-0.39, 0.29) is 6.10 Å². The molecule has 2 saturated carbocycles. The van der Waals surface area contributed by atoms with Gasteiger partial charge < -0.3 is 5.11 Å².